The Balaban J connectivity index is 2.30. The van der Waals surface area contributed by atoms with Crippen LogP contribution in [0.1, 0.15) is 29.2 Å². The Morgan fingerprint density at radius 2 is 1.91 bits per heavy atom. The molecule has 0 N–H and O–H groups in total. The van der Waals surface area contributed by atoms with Gasteiger partial charge in [0, 0.05) is 13.6 Å². The zero-order valence-electron chi connectivity index (χ0n) is 14.0. The minimum Gasteiger partial charge on any atom is -0.366 e. The van der Waals surface area contributed by atoms with E-state index in [4.69, 9.17) is 11.6 Å². The third-order valence-electron chi connectivity index (χ3n) is 3.96. The number of benzene rings is 2. The fourth-order valence-corrected chi connectivity index (χ4v) is 2.52. The lowest BCUT2D eigenvalue weighted by atomic mass is 9.97. The van der Waals surface area contributed by atoms with Crippen LogP contribution in [0.4, 0.5) is 10.1 Å². The van der Waals surface area contributed by atoms with Gasteiger partial charge in [-0.3, -0.25) is 0 Å². The van der Waals surface area contributed by atoms with Crippen molar-refractivity contribution in [1.29, 1.82) is 0 Å². The van der Waals surface area contributed by atoms with Gasteiger partial charge in [0.2, 0.25) is 0 Å². The summed E-state index contributed by atoms with van der Waals surface area (Å²) in [5, 5.41) is 0.205. The lowest BCUT2D eigenvalue weighted by Gasteiger charge is -2.12. The van der Waals surface area contributed by atoms with Crippen LogP contribution in [0.15, 0.2) is 35.3 Å². The quantitative estimate of drug-likeness (QED) is 0.536. The molecule has 0 unspecified atom stereocenters. The lowest BCUT2D eigenvalue weighted by Crippen LogP contribution is -2.14. The van der Waals surface area contributed by atoms with E-state index in [1.165, 1.54) is 6.07 Å². The molecule has 0 fully saturated rings. The molecule has 0 amide bonds. The standard InChI is InChI=1S/C19H22ClFN2/c1-5-23(4)12-22-18-10-13(2)16(9-14(18)3)11-15-7-6-8-17(21)19(15)20/h6-10,12H,5,11H2,1-4H3. The Kier molecular flexibility index (Phi) is 5.78. The van der Waals surface area contributed by atoms with E-state index >= 15 is 0 Å². The molecule has 2 aromatic carbocycles. The summed E-state index contributed by atoms with van der Waals surface area (Å²) >= 11 is 6.06. The second-order valence-corrected chi connectivity index (χ2v) is 6.15. The molecule has 0 aliphatic rings. The van der Waals surface area contributed by atoms with Crippen LogP contribution in [0.25, 0.3) is 0 Å². The van der Waals surface area contributed by atoms with E-state index in [0.29, 0.717) is 6.42 Å². The van der Waals surface area contributed by atoms with Gasteiger partial charge in [-0.2, -0.15) is 0 Å². The van der Waals surface area contributed by atoms with Crippen LogP contribution in [0.3, 0.4) is 0 Å². The maximum atomic E-state index is 13.6. The third-order valence-corrected chi connectivity index (χ3v) is 4.38. The van der Waals surface area contributed by atoms with E-state index in [-0.39, 0.29) is 10.8 Å². The maximum Gasteiger partial charge on any atom is 0.142 e. The number of aryl methyl sites for hydroxylation is 2. The van der Waals surface area contributed by atoms with E-state index in [0.717, 1.165) is 34.5 Å². The minimum absolute atomic E-state index is 0.205. The molecule has 0 saturated heterocycles. The fourth-order valence-electron chi connectivity index (χ4n) is 2.32. The normalized spacial score (nSPS) is 11.2. The van der Waals surface area contributed by atoms with Crippen LogP contribution < -0.4 is 0 Å². The number of aliphatic imine (C=N–C) groups is 1. The third kappa shape index (κ3) is 4.32. The topological polar surface area (TPSA) is 15.6 Å². The van der Waals surface area contributed by atoms with Crippen molar-refractivity contribution >= 4 is 23.6 Å². The summed E-state index contributed by atoms with van der Waals surface area (Å²) in [5.74, 6) is -0.373. The van der Waals surface area contributed by atoms with E-state index < -0.39 is 0 Å². The number of hydrogen-bond acceptors (Lipinski definition) is 1. The van der Waals surface area contributed by atoms with Crippen LogP contribution in [-0.4, -0.2) is 24.8 Å². The predicted molar refractivity (Wildman–Crippen MR) is 96.6 cm³/mol. The Hall–Kier alpha value is -1.87. The zero-order chi connectivity index (χ0) is 17.0. The smallest absolute Gasteiger partial charge is 0.142 e. The van der Waals surface area contributed by atoms with Crippen molar-refractivity contribution < 1.29 is 4.39 Å². The predicted octanol–water partition coefficient (Wildman–Crippen LogP) is 5.30. The minimum atomic E-state index is -0.373. The SMILES string of the molecule is CCN(C)C=Nc1cc(C)c(Cc2cccc(F)c2Cl)cc1C. The van der Waals surface area contributed by atoms with Gasteiger partial charge >= 0.3 is 0 Å². The summed E-state index contributed by atoms with van der Waals surface area (Å²) in [5.41, 5.74) is 5.12. The summed E-state index contributed by atoms with van der Waals surface area (Å²) in [6, 6.07) is 9.11. The zero-order valence-corrected chi connectivity index (χ0v) is 14.8. The van der Waals surface area contributed by atoms with Crippen LogP contribution in [0, 0.1) is 19.7 Å². The molecule has 0 radical (unpaired) electrons. The molecule has 2 rings (SSSR count). The van der Waals surface area contributed by atoms with E-state index in [9.17, 15) is 4.39 Å². The first kappa shape index (κ1) is 17.5. The van der Waals surface area contributed by atoms with E-state index in [2.05, 4.69) is 24.0 Å². The number of nitrogens with zero attached hydrogens (tertiary/aromatic N) is 2. The van der Waals surface area contributed by atoms with Gasteiger partial charge in [-0.1, -0.05) is 29.8 Å². The molecular weight excluding hydrogens is 311 g/mol. The van der Waals surface area contributed by atoms with Gasteiger partial charge in [0.25, 0.3) is 0 Å². The average Bonchev–Trinajstić information content (AvgIpc) is 2.53. The molecule has 2 nitrogen and oxygen atoms in total. The number of rotatable bonds is 5. The van der Waals surface area contributed by atoms with Crippen molar-refractivity contribution in [3.63, 3.8) is 0 Å². The summed E-state index contributed by atoms with van der Waals surface area (Å²) < 4.78 is 13.6. The monoisotopic (exact) mass is 332 g/mol. The van der Waals surface area contributed by atoms with Crippen LogP contribution in [0.5, 0.6) is 0 Å². The summed E-state index contributed by atoms with van der Waals surface area (Å²) in [6.07, 6.45) is 2.45. The van der Waals surface area contributed by atoms with Crippen molar-refractivity contribution in [3.8, 4) is 0 Å². The van der Waals surface area contributed by atoms with Crippen molar-refractivity contribution in [2.75, 3.05) is 13.6 Å². The van der Waals surface area contributed by atoms with Crippen LogP contribution in [0.2, 0.25) is 5.02 Å². The molecule has 0 saturated carbocycles. The highest BCUT2D eigenvalue weighted by molar-refractivity contribution is 6.31. The second-order valence-electron chi connectivity index (χ2n) is 5.77. The van der Waals surface area contributed by atoms with Crippen molar-refractivity contribution in [3.05, 3.63) is 63.4 Å². The molecule has 0 aromatic heterocycles. The highest BCUT2D eigenvalue weighted by atomic mass is 35.5. The molecule has 122 valence electrons. The van der Waals surface area contributed by atoms with Gasteiger partial charge in [-0.15, -0.1) is 0 Å². The van der Waals surface area contributed by atoms with Crippen LogP contribution >= 0.6 is 11.6 Å². The lowest BCUT2D eigenvalue weighted by molar-refractivity contribution is 0.552. The first-order valence-corrected chi connectivity index (χ1v) is 8.07. The van der Waals surface area contributed by atoms with Gasteiger partial charge in [-0.05, 0) is 61.6 Å². The second kappa shape index (κ2) is 7.60. The van der Waals surface area contributed by atoms with Crippen molar-refractivity contribution in [2.24, 2.45) is 4.99 Å². The molecule has 0 bridgehead atoms. The molecule has 4 heteroatoms. The van der Waals surface area contributed by atoms with Gasteiger partial charge in [0.15, 0.2) is 0 Å². The Morgan fingerprint density at radius 1 is 1.17 bits per heavy atom. The van der Waals surface area contributed by atoms with E-state index in [1.54, 1.807) is 6.07 Å². The molecule has 0 aliphatic heterocycles. The highest BCUT2D eigenvalue weighted by Gasteiger charge is 2.10. The van der Waals surface area contributed by atoms with Gasteiger partial charge in [0.05, 0.1) is 17.0 Å². The van der Waals surface area contributed by atoms with Crippen LogP contribution in [-0.2, 0) is 6.42 Å². The molecule has 0 spiro atoms. The fraction of sp³-hybridized carbons (Fsp3) is 0.316. The van der Waals surface area contributed by atoms with Crippen molar-refractivity contribution in [1.82, 2.24) is 4.90 Å². The summed E-state index contributed by atoms with van der Waals surface area (Å²) in [6.45, 7) is 7.08. The largest absolute Gasteiger partial charge is 0.366 e. The summed E-state index contributed by atoms with van der Waals surface area (Å²) in [7, 11) is 1.99. The van der Waals surface area contributed by atoms with Gasteiger partial charge in [-0.25, -0.2) is 9.38 Å². The average molecular weight is 333 g/mol. The highest BCUT2D eigenvalue weighted by Crippen LogP contribution is 2.27. The van der Waals surface area contributed by atoms with Crippen molar-refractivity contribution in [2.45, 2.75) is 27.2 Å². The first-order chi connectivity index (χ1) is 10.9. The molecule has 0 heterocycles. The molecular formula is C19H22ClFN2. The van der Waals surface area contributed by atoms with Gasteiger partial charge in [0.1, 0.15) is 5.82 Å². The molecule has 0 atom stereocenters. The Bertz CT molecular complexity index is 726. The number of hydrogen-bond donors (Lipinski definition) is 0. The Labute approximate surface area is 142 Å². The first-order valence-electron chi connectivity index (χ1n) is 7.69. The molecule has 0 aliphatic carbocycles. The number of halogens is 2. The van der Waals surface area contributed by atoms with Gasteiger partial charge < -0.3 is 4.90 Å². The van der Waals surface area contributed by atoms with E-state index in [1.807, 2.05) is 38.2 Å². The Morgan fingerprint density at radius 3 is 2.61 bits per heavy atom. The molecule has 2 aromatic rings. The molecule has 23 heavy (non-hydrogen) atoms. The summed E-state index contributed by atoms with van der Waals surface area (Å²) in [4.78, 5) is 6.56. The maximum absolute atomic E-state index is 13.6.